The minimum atomic E-state index is -1.23. The molecule has 0 spiro atoms. The molecule has 0 bridgehead atoms. The Kier molecular flexibility index (Phi) is 6.77. The van der Waals surface area contributed by atoms with Crippen LogP contribution in [0.3, 0.4) is 0 Å². The molecule has 0 aromatic rings. The third kappa shape index (κ3) is 5.51. The average Bonchev–Trinajstić information content (AvgIpc) is 2.31. The van der Waals surface area contributed by atoms with Crippen LogP contribution in [0.1, 0.15) is 33.1 Å². The number of hydrogen-bond donors (Lipinski definition) is 3. The fourth-order valence-corrected chi connectivity index (χ4v) is 1.25. The number of rotatable bonds is 7. The molecule has 0 saturated carbocycles. The lowest BCUT2D eigenvalue weighted by Gasteiger charge is -2.26. The molecule has 7 heteroatoms. The lowest BCUT2D eigenvalue weighted by atomic mass is 10.1. The average molecular weight is 260 g/mol. The van der Waals surface area contributed by atoms with Gasteiger partial charge in [-0.3, -0.25) is 4.79 Å². The van der Waals surface area contributed by atoms with Crippen LogP contribution in [0.5, 0.6) is 0 Å². The maximum atomic E-state index is 11.7. The Bertz CT molecular complexity index is 319. The molecule has 0 aliphatic heterocycles. The molecule has 0 aliphatic rings. The van der Waals surface area contributed by atoms with Crippen LogP contribution in [0.4, 0.5) is 4.79 Å². The number of nitrogens with one attached hydrogen (secondary N) is 1. The predicted molar refractivity (Wildman–Crippen MR) is 64.3 cm³/mol. The number of carboxylic acids is 2. The fourth-order valence-electron chi connectivity index (χ4n) is 1.25. The van der Waals surface area contributed by atoms with Crippen LogP contribution in [0.25, 0.3) is 0 Å². The summed E-state index contributed by atoms with van der Waals surface area (Å²) < 4.78 is 0. The molecule has 0 fully saturated rings. The molecule has 0 saturated heterocycles. The Balaban J connectivity index is 4.45. The van der Waals surface area contributed by atoms with Crippen molar-refractivity contribution in [2.24, 2.45) is 0 Å². The summed E-state index contributed by atoms with van der Waals surface area (Å²) >= 11 is 0. The lowest BCUT2D eigenvalue weighted by Crippen LogP contribution is -2.49. The summed E-state index contributed by atoms with van der Waals surface area (Å²) in [6.45, 7) is 3.75. The van der Waals surface area contributed by atoms with Crippen molar-refractivity contribution in [3.63, 3.8) is 0 Å². The van der Waals surface area contributed by atoms with Crippen molar-refractivity contribution in [3.8, 4) is 0 Å². The summed E-state index contributed by atoms with van der Waals surface area (Å²) in [5.74, 6) is -2.33. The molecule has 104 valence electrons. The standard InChI is InChI=1S/C11H20N2O5/c1-4-7(2)13(3)11(18)12-8(10(16)17)5-6-9(14)15/h7-8H,4-6H2,1-3H3,(H,12,18)(H,14,15)(H,16,17)/t7?,8-/m0/s1. The first-order valence-corrected chi connectivity index (χ1v) is 5.77. The van der Waals surface area contributed by atoms with Gasteiger partial charge in [0.2, 0.25) is 0 Å². The summed E-state index contributed by atoms with van der Waals surface area (Å²) in [5, 5.41) is 19.7. The molecule has 2 amide bonds. The fraction of sp³-hybridized carbons (Fsp3) is 0.727. The van der Waals surface area contributed by atoms with E-state index in [0.29, 0.717) is 0 Å². The Morgan fingerprint density at radius 1 is 1.28 bits per heavy atom. The quantitative estimate of drug-likeness (QED) is 0.626. The zero-order chi connectivity index (χ0) is 14.3. The van der Waals surface area contributed by atoms with Crippen molar-refractivity contribution in [1.29, 1.82) is 0 Å². The highest BCUT2D eigenvalue weighted by Gasteiger charge is 2.23. The van der Waals surface area contributed by atoms with E-state index in [0.717, 1.165) is 6.42 Å². The van der Waals surface area contributed by atoms with Crippen LogP contribution in [0, 0.1) is 0 Å². The zero-order valence-electron chi connectivity index (χ0n) is 10.8. The third-order valence-electron chi connectivity index (χ3n) is 2.82. The SMILES string of the molecule is CCC(C)N(C)C(=O)N[C@@H](CCC(=O)O)C(=O)O. The van der Waals surface area contributed by atoms with Crippen LogP contribution in [-0.2, 0) is 9.59 Å². The van der Waals surface area contributed by atoms with E-state index >= 15 is 0 Å². The minimum Gasteiger partial charge on any atom is -0.481 e. The number of carbonyl (C=O) groups is 3. The highest BCUT2D eigenvalue weighted by molar-refractivity contribution is 5.83. The van der Waals surface area contributed by atoms with Crippen LogP contribution < -0.4 is 5.32 Å². The molecule has 0 aliphatic carbocycles. The zero-order valence-corrected chi connectivity index (χ0v) is 10.8. The molecule has 0 radical (unpaired) electrons. The summed E-state index contributed by atoms with van der Waals surface area (Å²) in [5.41, 5.74) is 0. The molecule has 0 aromatic heterocycles. The van der Waals surface area contributed by atoms with Crippen molar-refractivity contribution in [3.05, 3.63) is 0 Å². The first-order valence-electron chi connectivity index (χ1n) is 5.77. The lowest BCUT2D eigenvalue weighted by molar-refractivity contribution is -0.140. The van der Waals surface area contributed by atoms with Gasteiger partial charge in [-0.1, -0.05) is 6.92 Å². The third-order valence-corrected chi connectivity index (χ3v) is 2.82. The molecule has 0 heterocycles. The Labute approximate surface area is 106 Å². The Hall–Kier alpha value is -1.79. The maximum Gasteiger partial charge on any atom is 0.326 e. The highest BCUT2D eigenvalue weighted by atomic mass is 16.4. The van der Waals surface area contributed by atoms with Gasteiger partial charge in [-0.15, -0.1) is 0 Å². The largest absolute Gasteiger partial charge is 0.481 e. The predicted octanol–water partition coefficient (Wildman–Crippen LogP) is 0.744. The molecular weight excluding hydrogens is 240 g/mol. The van der Waals surface area contributed by atoms with E-state index in [-0.39, 0.29) is 18.9 Å². The summed E-state index contributed by atoms with van der Waals surface area (Å²) in [6, 6.07) is -1.71. The molecular formula is C11H20N2O5. The Morgan fingerprint density at radius 3 is 2.22 bits per heavy atom. The van der Waals surface area contributed by atoms with Gasteiger partial charge in [-0.25, -0.2) is 9.59 Å². The first kappa shape index (κ1) is 16.2. The smallest absolute Gasteiger partial charge is 0.326 e. The second kappa shape index (κ2) is 7.52. The summed E-state index contributed by atoms with van der Waals surface area (Å²) in [4.78, 5) is 34.4. The van der Waals surface area contributed by atoms with Crippen molar-refractivity contribution < 1.29 is 24.6 Å². The van der Waals surface area contributed by atoms with Gasteiger partial charge in [0.15, 0.2) is 0 Å². The van der Waals surface area contributed by atoms with Crippen LogP contribution in [-0.4, -0.2) is 52.2 Å². The first-order chi connectivity index (χ1) is 8.29. The Morgan fingerprint density at radius 2 is 1.83 bits per heavy atom. The van der Waals surface area contributed by atoms with Crippen LogP contribution >= 0.6 is 0 Å². The molecule has 7 nitrogen and oxygen atoms in total. The van der Waals surface area contributed by atoms with Gasteiger partial charge in [-0.2, -0.15) is 0 Å². The number of urea groups is 1. The van der Waals surface area contributed by atoms with Gasteiger partial charge in [0.05, 0.1) is 0 Å². The second-order valence-electron chi connectivity index (χ2n) is 4.14. The van der Waals surface area contributed by atoms with E-state index in [1.807, 2.05) is 13.8 Å². The summed E-state index contributed by atoms with van der Waals surface area (Å²) in [7, 11) is 1.57. The van der Waals surface area contributed by atoms with Gasteiger partial charge < -0.3 is 20.4 Å². The van der Waals surface area contributed by atoms with E-state index in [1.54, 1.807) is 7.05 Å². The van der Waals surface area contributed by atoms with Gasteiger partial charge in [0, 0.05) is 19.5 Å². The normalized spacial score (nSPS) is 13.5. The molecule has 3 N–H and O–H groups in total. The maximum absolute atomic E-state index is 11.7. The number of amides is 2. The van der Waals surface area contributed by atoms with Crippen molar-refractivity contribution >= 4 is 18.0 Å². The topological polar surface area (TPSA) is 107 Å². The van der Waals surface area contributed by atoms with E-state index < -0.39 is 24.0 Å². The number of hydrogen-bond acceptors (Lipinski definition) is 3. The van der Waals surface area contributed by atoms with Crippen LogP contribution in [0.2, 0.25) is 0 Å². The van der Waals surface area contributed by atoms with Gasteiger partial charge >= 0.3 is 18.0 Å². The molecule has 2 atom stereocenters. The van der Waals surface area contributed by atoms with Crippen molar-refractivity contribution in [2.75, 3.05) is 7.05 Å². The highest BCUT2D eigenvalue weighted by Crippen LogP contribution is 2.03. The second-order valence-corrected chi connectivity index (χ2v) is 4.14. The van der Waals surface area contributed by atoms with E-state index in [1.165, 1.54) is 4.90 Å². The number of carboxylic acid groups (broad SMARTS) is 2. The van der Waals surface area contributed by atoms with Gasteiger partial charge in [0.1, 0.15) is 6.04 Å². The number of nitrogens with zero attached hydrogens (tertiary/aromatic N) is 1. The van der Waals surface area contributed by atoms with Crippen molar-refractivity contribution in [1.82, 2.24) is 10.2 Å². The number of aliphatic carboxylic acids is 2. The van der Waals surface area contributed by atoms with E-state index in [2.05, 4.69) is 5.32 Å². The monoisotopic (exact) mass is 260 g/mol. The van der Waals surface area contributed by atoms with Gasteiger partial charge in [-0.05, 0) is 19.8 Å². The molecule has 0 rings (SSSR count). The van der Waals surface area contributed by atoms with E-state index in [4.69, 9.17) is 10.2 Å². The van der Waals surface area contributed by atoms with Crippen LogP contribution in [0.15, 0.2) is 0 Å². The summed E-state index contributed by atoms with van der Waals surface area (Å²) in [6.07, 6.45) is 0.311. The van der Waals surface area contributed by atoms with Gasteiger partial charge in [0.25, 0.3) is 0 Å². The molecule has 0 aromatic carbocycles. The van der Waals surface area contributed by atoms with Crippen molar-refractivity contribution in [2.45, 2.75) is 45.2 Å². The minimum absolute atomic E-state index is 0.0149. The molecule has 18 heavy (non-hydrogen) atoms. The number of carbonyl (C=O) groups excluding carboxylic acids is 1. The molecule has 1 unspecified atom stereocenters. The van der Waals surface area contributed by atoms with E-state index in [9.17, 15) is 14.4 Å².